The van der Waals surface area contributed by atoms with Crippen LogP contribution in [0.25, 0.3) is 0 Å². The molecule has 2 rings (SSSR count). The molecule has 0 aromatic heterocycles. The average Bonchev–Trinajstić information content (AvgIpc) is 2.75. The van der Waals surface area contributed by atoms with Crippen LogP contribution in [-0.2, 0) is 4.74 Å². The zero-order chi connectivity index (χ0) is 7.68. The quantitative estimate of drug-likeness (QED) is 0.466. The first-order valence-corrected chi connectivity index (χ1v) is 4.18. The third-order valence-corrected chi connectivity index (χ3v) is 2.47. The van der Waals surface area contributed by atoms with E-state index in [4.69, 9.17) is 10.00 Å². The molecule has 11 heavy (non-hydrogen) atoms. The van der Waals surface area contributed by atoms with Crippen LogP contribution < -0.4 is 5.32 Å². The van der Waals surface area contributed by atoms with E-state index < -0.39 is 0 Å². The molecule has 0 amide bonds. The van der Waals surface area contributed by atoms with E-state index in [-0.39, 0.29) is 0 Å². The van der Waals surface area contributed by atoms with Crippen LogP contribution in [0.4, 0.5) is 0 Å². The molecule has 3 heteroatoms. The van der Waals surface area contributed by atoms with E-state index in [1.807, 2.05) is 6.19 Å². The van der Waals surface area contributed by atoms with Crippen molar-refractivity contribution in [2.75, 3.05) is 6.61 Å². The maximum absolute atomic E-state index is 8.43. The summed E-state index contributed by atoms with van der Waals surface area (Å²) in [4.78, 5) is 0. The molecule has 2 aliphatic rings. The number of hydrogen-bond donors (Lipinski definition) is 1. The van der Waals surface area contributed by atoms with Crippen LogP contribution in [0.1, 0.15) is 19.3 Å². The first-order chi connectivity index (χ1) is 5.42. The summed E-state index contributed by atoms with van der Waals surface area (Å²) in [5.41, 5.74) is 0. The lowest BCUT2D eigenvalue weighted by atomic mass is 10.1. The second kappa shape index (κ2) is 2.71. The van der Waals surface area contributed by atoms with Gasteiger partial charge in [-0.2, -0.15) is 5.26 Å². The van der Waals surface area contributed by atoms with Crippen LogP contribution in [0.15, 0.2) is 0 Å². The molecular weight excluding hydrogens is 140 g/mol. The summed E-state index contributed by atoms with van der Waals surface area (Å²) in [6.45, 7) is 0.820. The predicted octanol–water partition coefficient (Wildman–Crippen LogP) is 0.625. The van der Waals surface area contributed by atoms with Gasteiger partial charge in [0.05, 0.1) is 12.1 Å². The summed E-state index contributed by atoms with van der Waals surface area (Å²) in [6.07, 6.45) is 5.89. The molecule has 3 nitrogen and oxygen atoms in total. The molecule has 0 aromatic carbocycles. The van der Waals surface area contributed by atoms with Gasteiger partial charge in [-0.05, 0) is 25.2 Å². The first kappa shape index (κ1) is 6.93. The van der Waals surface area contributed by atoms with E-state index in [1.165, 1.54) is 12.8 Å². The number of nitriles is 1. The average molecular weight is 152 g/mol. The van der Waals surface area contributed by atoms with Gasteiger partial charge in [-0.15, -0.1) is 0 Å². The van der Waals surface area contributed by atoms with Gasteiger partial charge < -0.3 is 10.1 Å². The van der Waals surface area contributed by atoms with Crippen LogP contribution in [0, 0.1) is 17.4 Å². The molecule has 1 saturated carbocycles. The molecule has 1 heterocycles. The standard InChI is InChI=1S/C8H12N2O/c9-5-10-7-3-4-11-8(7)6-1-2-6/h6-8,10H,1-4H2. The van der Waals surface area contributed by atoms with Crippen molar-refractivity contribution >= 4 is 0 Å². The van der Waals surface area contributed by atoms with Gasteiger partial charge in [-0.3, -0.25) is 0 Å². The zero-order valence-electron chi connectivity index (χ0n) is 6.42. The maximum atomic E-state index is 8.43. The fraction of sp³-hybridized carbons (Fsp3) is 0.875. The molecule has 2 atom stereocenters. The Morgan fingerprint density at radius 2 is 2.18 bits per heavy atom. The second-order valence-electron chi connectivity index (χ2n) is 3.32. The minimum absolute atomic E-state index is 0.299. The number of nitrogens with one attached hydrogen (secondary N) is 1. The van der Waals surface area contributed by atoms with Crippen molar-refractivity contribution in [1.82, 2.24) is 5.32 Å². The lowest BCUT2D eigenvalue weighted by Crippen LogP contribution is -2.34. The van der Waals surface area contributed by atoms with Crippen molar-refractivity contribution in [1.29, 1.82) is 5.26 Å². The molecule has 60 valence electrons. The van der Waals surface area contributed by atoms with Crippen molar-refractivity contribution < 1.29 is 4.74 Å². The third kappa shape index (κ3) is 1.31. The number of nitrogens with zero attached hydrogens (tertiary/aromatic N) is 1. The lowest BCUT2D eigenvalue weighted by molar-refractivity contribution is 0.0838. The Morgan fingerprint density at radius 1 is 1.36 bits per heavy atom. The fourth-order valence-corrected chi connectivity index (χ4v) is 1.74. The van der Waals surface area contributed by atoms with Crippen molar-refractivity contribution in [3.05, 3.63) is 0 Å². The van der Waals surface area contributed by atoms with E-state index in [9.17, 15) is 0 Å². The molecule has 0 bridgehead atoms. The van der Waals surface area contributed by atoms with Crippen LogP contribution in [0.2, 0.25) is 0 Å². The van der Waals surface area contributed by atoms with E-state index >= 15 is 0 Å². The van der Waals surface area contributed by atoms with Gasteiger partial charge in [-0.1, -0.05) is 0 Å². The highest BCUT2D eigenvalue weighted by Crippen LogP contribution is 2.38. The van der Waals surface area contributed by atoms with E-state index in [0.29, 0.717) is 12.1 Å². The zero-order valence-corrected chi connectivity index (χ0v) is 6.42. The highest BCUT2D eigenvalue weighted by atomic mass is 16.5. The number of rotatable bonds is 2. The lowest BCUT2D eigenvalue weighted by Gasteiger charge is -2.15. The van der Waals surface area contributed by atoms with Gasteiger partial charge in [0.15, 0.2) is 6.19 Å². The first-order valence-electron chi connectivity index (χ1n) is 4.18. The molecule has 0 radical (unpaired) electrons. The molecular formula is C8H12N2O. The smallest absolute Gasteiger partial charge is 0.176 e. The minimum Gasteiger partial charge on any atom is -0.376 e. The van der Waals surface area contributed by atoms with E-state index in [2.05, 4.69) is 5.32 Å². The Morgan fingerprint density at radius 3 is 2.82 bits per heavy atom. The minimum atomic E-state index is 0.299. The van der Waals surface area contributed by atoms with Crippen LogP contribution in [0.3, 0.4) is 0 Å². The molecule has 2 unspecified atom stereocenters. The van der Waals surface area contributed by atoms with Crippen molar-refractivity contribution in [2.24, 2.45) is 5.92 Å². The van der Waals surface area contributed by atoms with Crippen molar-refractivity contribution in [3.8, 4) is 6.19 Å². The maximum Gasteiger partial charge on any atom is 0.176 e. The SMILES string of the molecule is N#CNC1CCOC1C1CC1. The van der Waals surface area contributed by atoms with E-state index in [1.54, 1.807) is 0 Å². The van der Waals surface area contributed by atoms with Crippen LogP contribution in [0.5, 0.6) is 0 Å². The molecule has 1 aliphatic carbocycles. The molecule has 1 aliphatic heterocycles. The van der Waals surface area contributed by atoms with Gasteiger partial charge in [0, 0.05) is 6.61 Å². The Labute approximate surface area is 66.3 Å². The van der Waals surface area contributed by atoms with Crippen molar-refractivity contribution in [3.63, 3.8) is 0 Å². The van der Waals surface area contributed by atoms with Crippen LogP contribution >= 0.6 is 0 Å². The summed E-state index contributed by atoms with van der Waals surface area (Å²) in [5.74, 6) is 0.739. The molecule has 2 fully saturated rings. The third-order valence-electron chi connectivity index (χ3n) is 2.47. The van der Waals surface area contributed by atoms with Gasteiger partial charge in [-0.25, -0.2) is 0 Å². The van der Waals surface area contributed by atoms with E-state index in [0.717, 1.165) is 18.9 Å². The Kier molecular flexibility index (Phi) is 1.71. The monoisotopic (exact) mass is 152 g/mol. The number of ether oxygens (including phenoxy) is 1. The van der Waals surface area contributed by atoms with Gasteiger partial charge in [0.2, 0.25) is 0 Å². The highest BCUT2D eigenvalue weighted by molar-refractivity contribution is 4.95. The number of hydrogen-bond acceptors (Lipinski definition) is 3. The normalized spacial score (nSPS) is 36.6. The van der Waals surface area contributed by atoms with Gasteiger partial charge in [0.1, 0.15) is 0 Å². The summed E-state index contributed by atoms with van der Waals surface area (Å²) >= 11 is 0. The summed E-state index contributed by atoms with van der Waals surface area (Å²) in [6, 6.07) is 0.299. The Bertz CT molecular complexity index is 183. The second-order valence-corrected chi connectivity index (χ2v) is 3.32. The fourth-order valence-electron chi connectivity index (χ4n) is 1.74. The van der Waals surface area contributed by atoms with Crippen LogP contribution in [-0.4, -0.2) is 18.8 Å². The topological polar surface area (TPSA) is 45.0 Å². The predicted molar refractivity (Wildman–Crippen MR) is 39.6 cm³/mol. The Hall–Kier alpha value is -0.750. The largest absolute Gasteiger partial charge is 0.376 e. The Balaban J connectivity index is 1.91. The van der Waals surface area contributed by atoms with Gasteiger partial charge >= 0.3 is 0 Å². The summed E-state index contributed by atoms with van der Waals surface area (Å²) < 4.78 is 5.53. The highest BCUT2D eigenvalue weighted by Gasteiger charge is 2.40. The molecule has 0 aromatic rings. The summed E-state index contributed by atoms with van der Waals surface area (Å²) in [7, 11) is 0. The summed E-state index contributed by atoms with van der Waals surface area (Å²) in [5, 5.41) is 11.2. The van der Waals surface area contributed by atoms with Crippen molar-refractivity contribution in [2.45, 2.75) is 31.4 Å². The molecule has 1 saturated heterocycles. The molecule has 1 N–H and O–H groups in total. The molecule has 0 spiro atoms. The van der Waals surface area contributed by atoms with Gasteiger partial charge in [0.25, 0.3) is 0 Å².